The van der Waals surface area contributed by atoms with E-state index in [1.807, 2.05) is 13.8 Å². The van der Waals surface area contributed by atoms with Crippen LogP contribution in [0.25, 0.3) is 0 Å². The van der Waals surface area contributed by atoms with Gasteiger partial charge in [-0.1, -0.05) is 6.92 Å². The molecule has 0 aromatic carbocycles. The van der Waals surface area contributed by atoms with Crippen molar-refractivity contribution in [1.29, 1.82) is 0 Å². The van der Waals surface area contributed by atoms with E-state index in [4.69, 9.17) is 9.47 Å². The molecule has 0 unspecified atom stereocenters. The Kier molecular flexibility index (Phi) is 4.86. The quantitative estimate of drug-likeness (QED) is 0.582. The van der Waals surface area contributed by atoms with Gasteiger partial charge in [-0.3, -0.25) is 0 Å². The molecule has 0 saturated heterocycles. The van der Waals surface area contributed by atoms with E-state index in [-0.39, 0.29) is 12.1 Å². The molecule has 11 heavy (non-hydrogen) atoms. The number of carbonyl (C=O) groups excluding carboxylic acids is 1. The average Bonchev–Trinajstić information content (AvgIpc) is 2.02. The van der Waals surface area contributed by atoms with Gasteiger partial charge in [-0.2, -0.15) is 0 Å². The van der Waals surface area contributed by atoms with Crippen LogP contribution in [0.5, 0.6) is 0 Å². The van der Waals surface area contributed by atoms with E-state index >= 15 is 0 Å². The fraction of sp³-hybridized carbons (Fsp3) is 0.875. The molecule has 0 fully saturated rings. The summed E-state index contributed by atoms with van der Waals surface area (Å²) in [5, 5.41) is 0. The number of hydrogen-bond acceptors (Lipinski definition) is 3. The van der Waals surface area contributed by atoms with Gasteiger partial charge in [0.1, 0.15) is 0 Å². The van der Waals surface area contributed by atoms with Gasteiger partial charge in [-0.25, -0.2) is 4.79 Å². The van der Waals surface area contributed by atoms with Crippen LogP contribution in [0.3, 0.4) is 0 Å². The molecule has 3 nitrogen and oxygen atoms in total. The Morgan fingerprint density at radius 2 is 2.00 bits per heavy atom. The van der Waals surface area contributed by atoms with Gasteiger partial charge in [-0.05, 0) is 20.3 Å². The van der Waals surface area contributed by atoms with Crippen LogP contribution in [0.4, 0.5) is 0 Å². The highest BCUT2D eigenvalue weighted by molar-refractivity contribution is 5.74. The molecule has 0 saturated carbocycles. The lowest BCUT2D eigenvalue weighted by Crippen LogP contribution is -2.25. The first kappa shape index (κ1) is 10.4. The zero-order valence-electron chi connectivity index (χ0n) is 7.59. The normalized spacial score (nSPS) is 15.6. The Bertz CT molecular complexity index is 123. The molecule has 0 amide bonds. The molecule has 0 aliphatic rings. The lowest BCUT2D eigenvalue weighted by Gasteiger charge is -2.13. The first-order valence-corrected chi connectivity index (χ1v) is 3.85. The molecule has 0 heterocycles. The second-order valence-electron chi connectivity index (χ2n) is 2.53. The Morgan fingerprint density at radius 1 is 1.45 bits per heavy atom. The van der Waals surface area contributed by atoms with Crippen molar-refractivity contribution in [3.8, 4) is 0 Å². The maximum Gasteiger partial charge on any atom is 0.335 e. The second kappa shape index (κ2) is 5.13. The molecule has 66 valence electrons. The predicted octanol–water partition coefficient (Wildman–Crippen LogP) is 1.36. The second-order valence-corrected chi connectivity index (χ2v) is 2.53. The third-order valence-corrected chi connectivity index (χ3v) is 1.58. The maximum atomic E-state index is 11.0. The van der Waals surface area contributed by atoms with Crippen molar-refractivity contribution < 1.29 is 14.3 Å². The van der Waals surface area contributed by atoms with Gasteiger partial charge in [0.25, 0.3) is 0 Å². The van der Waals surface area contributed by atoms with Crippen LogP contribution < -0.4 is 0 Å². The highest BCUT2D eigenvalue weighted by atomic mass is 16.6. The summed E-state index contributed by atoms with van der Waals surface area (Å²) in [4.78, 5) is 11.0. The SMILES string of the molecule is CC[C@H](C)OC(=O)[C@H](C)OC. The van der Waals surface area contributed by atoms with E-state index in [1.165, 1.54) is 7.11 Å². The van der Waals surface area contributed by atoms with E-state index in [9.17, 15) is 4.79 Å². The number of hydrogen-bond donors (Lipinski definition) is 0. The fourth-order valence-electron chi connectivity index (χ4n) is 0.474. The predicted molar refractivity (Wildman–Crippen MR) is 42.3 cm³/mol. The van der Waals surface area contributed by atoms with E-state index < -0.39 is 6.10 Å². The van der Waals surface area contributed by atoms with Gasteiger partial charge in [0.05, 0.1) is 6.10 Å². The summed E-state index contributed by atoms with van der Waals surface area (Å²) in [7, 11) is 1.49. The van der Waals surface area contributed by atoms with Gasteiger partial charge in [0, 0.05) is 7.11 Å². The summed E-state index contributed by atoms with van der Waals surface area (Å²) in [6, 6.07) is 0. The Balaban J connectivity index is 3.68. The summed E-state index contributed by atoms with van der Waals surface area (Å²) in [6.07, 6.45) is 0.367. The molecular weight excluding hydrogens is 144 g/mol. The zero-order chi connectivity index (χ0) is 8.85. The topological polar surface area (TPSA) is 35.5 Å². The Labute approximate surface area is 67.7 Å². The van der Waals surface area contributed by atoms with Gasteiger partial charge < -0.3 is 9.47 Å². The molecule has 0 aromatic heterocycles. The third kappa shape index (κ3) is 3.98. The maximum absolute atomic E-state index is 11.0. The minimum Gasteiger partial charge on any atom is -0.461 e. The van der Waals surface area contributed by atoms with Gasteiger partial charge in [-0.15, -0.1) is 0 Å². The standard InChI is InChI=1S/C8H16O3/c1-5-6(2)11-8(9)7(3)10-4/h6-7H,5H2,1-4H3/t6-,7-/m0/s1. The molecule has 0 aromatic rings. The number of methoxy groups -OCH3 is 1. The van der Waals surface area contributed by atoms with Crippen LogP contribution in [0.2, 0.25) is 0 Å². The summed E-state index contributed by atoms with van der Waals surface area (Å²) in [5.74, 6) is -0.290. The van der Waals surface area contributed by atoms with E-state index in [0.717, 1.165) is 6.42 Å². The van der Waals surface area contributed by atoms with Crippen LogP contribution in [0, 0.1) is 0 Å². The summed E-state index contributed by atoms with van der Waals surface area (Å²) < 4.78 is 9.77. The average molecular weight is 160 g/mol. The Morgan fingerprint density at radius 3 is 2.36 bits per heavy atom. The third-order valence-electron chi connectivity index (χ3n) is 1.58. The number of ether oxygens (including phenoxy) is 2. The molecule has 2 atom stereocenters. The fourth-order valence-corrected chi connectivity index (χ4v) is 0.474. The van der Waals surface area contributed by atoms with Crippen LogP contribution >= 0.6 is 0 Å². The van der Waals surface area contributed by atoms with Gasteiger partial charge in [0.15, 0.2) is 6.10 Å². The Hall–Kier alpha value is -0.570. The van der Waals surface area contributed by atoms with Crippen molar-refractivity contribution in [3.05, 3.63) is 0 Å². The van der Waals surface area contributed by atoms with Crippen molar-refractivity contribution in [2.75, 3.05) is 7.11 Å². The number of esters is 1. The molecule has 0 radical (unpaired) electrons. The molecule has 0 rings (SSSR count). The molecule has 0 spiro atoms. The highest BCUT2D eigenvalue weighted by Crippen LogP contribution is 2.00. The number of rotatable bonds is 4. The lowest BCUT2D eigenvalue weighted by molar-refractivity contribution is -0.159. The molecule has 3 heteroatoms. The molecule has 0 bridgehead atoms. The van der Waals surface area contributed by atoms with Crippen molar-refractivity contribution >= 4 is 5.97 Å². The van der Waals surface area contributed by atoms with Crippen LogP contribution in [0.15, 0.2) is 0 Å². The molecule has 0 aliphatic heterocycles. The molecular formula is C8H16O3. The van der Waals surface area contributed by atoms with Crippen LogP contribution in [-0.4, -0.2) is 25.3 Å². The minimum absolute atomic E-state index is 0.0138. The van der Waals surface area contributed by atoms with Crippen LogP contribution in [0.1, 0.15) is 27.2 Å². The van der Waals surface area contributed by atoms with E-state index in [1.54, 1.807) is 6.92 Å². The first-order valence-electron chi connectivity index (χ1n) is 3.85. The zero-order valence-corrected chi connectivity index (χ0v) is 7.59. The minimum atomic E-state index is -0.455. The summed E-state index contributed by atoms with van der Waals surface area (Å²) in [6.45, 7) is 5.50. The first-order chi connectivity index (χ1) is 5.11. The van der Waals surface area contributed by atoms with Crippen molar-refractivity contribution in [3.63, 3.8) is 0 Å². The molecule has 0 N–H and O–H groups in total. The van der Waals surface area contributed by atoms with Crippen LogP contribution in [-0.2, 0) is 14.3 Å². The number of carbonyl (C=O) groups is 1. The van der Waals surface area contributed by atoms with Gasteiger partial charge in [0.2, 0.25) is 0 Å². The van der Waals surface area contributed by atoms with Crippen molar-refractivity contribution in [2.24, 2.45) is 0 Å². The van der Waals surface area contributed by atoms with Crippen molar-refractivity contribution in [1.82, 2.24) is 0 Å². The van der Waals surface area contributed by atoms with Crippen molar-refractivity contribution in [2.45, 2.75) is 39.4 Å². The highest BCUT2D eigenvalue weighted by Gasteiger charge is 2.14. The van der Waals surface area contributed by atoms with E-state index in [0.29, 0.717) is 0 Å². The largest absolute Gasteiger partial charge is 0.461 e. The summed E-state index contributed by atoms with van der Waals surface area (Å²) in [5.41, 5.74) is 0. The monoisotopic (exact) mass is 160 g/mol. The smallest absolute Gasteiger partial charge is 0.335 e. The lowest BCUT2D eigenvalue weighted by atomic mass is 10.3. The van der Waals surface area contributed by atoms with E-state index in [2.05, 4.69) is 0 Å². The molecule has 0 aliphatic carbocycles. The van der Waals surface area contributed by atoms with Gasteiger partial charge >= 0.3 is 5.97 Å². The summed E-state index contributed by atoms with van der Waals surface area (Å²) >= 11 is 0.